The van der Waals surface area contributed by atoms with Crippen molar-refractivity contribution in [1.29, 1.82) is 5.26 Å². The molecular formula is C18H18ClN3O3S2. The molecule has 0 amide bonds. The van der Waals surface area contributed by atoms with E-state index >= 15 is 0 Å². The van der Waals surface area contributed by atoms with Crippen molar-refractivity contribution in [2.24, 2.45) is 0 Å². The molecule has 1 atom stereocenters. The van der Waals surface area contributed by atoms with Gasteiger partial charge in [-0.25, -0.2) is 4.79 Å². The van der Waals surface area contributed by atoms with E-state index in [0.717, 1.165) is 17.1 Å². The number of carbonyl (C=O) groups excluding carboxylic acids is 2. The van der Waals surface area contributed by atoms with Crippen molar-refractivity contribution in [2.45, 2.75) is 12.5 Å². The smallest absolute Gasteiger partial charge is 0.328 e. The van der Waals surface area contributed by atoms with Crippen LogP contribution in [0.3, 0.4) is 0 Å². The molecule has 9 heteroatoms. The zero-order valence-corrected chi connectivity index (χ0v) is 17.1. The summed E-state index contributed by atoms with van der Waals surface area (Å²) < 4.78 is 4.82. The van der Waals surface area contributed by atoms with Crippen LogP contribution in [0.25, 0.3) is 0 Å². The highest BCUT2D eigenvalue weighted by Gasteiger charge is 2.26. The molecule has 0 spiro atoms. The molecule has 0 saturated heterocycles. The van der Waals surface area contributed by atoms with E-state index in [1.807, 2.05) is 12.3 Å². The van der Waals surface area contributed by atoms with E-state index in [2.05, 4.69) is 5.32 Å². The van der Waals surface area contributed by atoms with Crippen LogP contribution in [-0.2, 0) is 9.53 Å². The number of anilines is 2. The molecule has 1 aromatic heterocycles. The fourth-order valence-corrected chi connectivity index (χ4v) is 4.12. The number of nitrogens with zero attached hydrogens (tertiary/aromatic N) is 1. The number of thiophene rings is 1. The average molecular weight is 424 g/mol. The molecule has 0 aliphatic heterocycles. The predicted molar refractivity (Wildman–Crippen MR) is 111 cm³/mol. The van der Waals surface area contributed by atoms with Crippen molar-refractivity contribution in [3.8, 4) is 6.07 Å². The summed E-state index contributed by atoms with van der Waals surface area (Å²) in [5.41, 5.74) is 6.65. The van der Waals surface area contributed by atoms with Gasteiger partial charge >= 0.3 is 5.97 Å². The first kappa shape index (κ1) is 21.1. The molecular weight excluding hydrogens is 406 g/mol. The molecule has 0 saturated carbocycles. The van der Waals surface area contributed by atoms with Gasteiger partial charge in [0.25, 0.3) is 0 Å². The summed E-state index contributed by atoms with van der Waals surface area (Å²) in [6, 6.07) is 7.87. The molecule has 6 nitrogen and oxygen atoms in total. The van der Waals surface area contributed by atoms with Crippen LogP contribution >= 0.6 is 34.7 Å². The number of benzene rings is 1. The second-order valence-corrected chi connectivity index (χ2v) is 7.94. The van der Waals surface area contributed by atoms with Crippen LogP contribution in [0.2, 0.25) is 5.02 Å². The van der Waals surface area contributed by atoms with Crippen LogP contribution in [0.5, 0.6) is 0 Å². The summed E-state index contributed by atoms with van der Waals surface area (Å²) in [4.78, 5) is 25.0. The Kier molecular flexibility index (Phi) is 7.54. The minimum Gasteiger partial charge on any atom is -0.467 e. The lowest BCUT2D eigenvalue weighted by atomic mass is 10.1. The molecule has 1 unspecified atom stereocenters. The number of nitrogens with two attached hydrogens (primary N) is 1. The molecule has 0 aliphatic rings. The lowest BCUT2D eigenvalue weighted by Gasteiger charge is -2.16. The lowest BCUT2D eigenvalue weighted by molar-refractivity contribution is -0.141. The number of ether oxygens (including phenoxy) is 1. The molecule has 142 valence electrons. The molecule has 2 rings (SSSR count). The number of esters is 1. The van der Waals surface area contributed by atoms with Gasteiger partial charge in [0, 0.05) is 10.6 Å². The van der Waals surface area contributed by atoms with Crippen LogP contribution in [0, 0.1) is 11.3 Å². The molecule has 1 heterocycles. The average Bonchev–Trinajstić information content (AvgIpc) is 2.98. The fraction of sp³-hybridized carbons (Fsp3) is 0.278. The quantitative estimate of drug-likeness (QED) is 0.491. The molecule has 0 radical (unpaired) electrons. The van der Waals surface area contributed by atoms with Crippen molar-refractivity contribution < 1.29 is 14.3 Å². The number of nitrogen functional groups attached to an aromatic ring is 1. The summed E-state index contributed by atoms with van der Waals surface area (Å²) in [6.07, 6.45) is 2.44. The molecule has 0 fully saturated rings. The van der Waals surface area contributed by atoms with Gasteiger partial charge in [-0.3, -0.25) is 4.79 Å². The van der Waals surface area contributed by atoms with Gasteiger partial charge in [-0.05, 0) is 30.6 Å². The number of carbonyl (C=O) groups is 2. The number of halogens is 1. The van der Waals surface area contributed by atoms with Gasteiger partial charge in [0.05, 0.1) is 12.8 Å². The highest BCUT2D eigenvalue weighted by Crippen LogP contribution is 2.37. The molecule has 1 aromatic carbocycles. The number of methoxy groups -OCH3 is 1. The minimum absolute atomic E-state index is 0.0865. The normalized spacial score (nSPS) is 11.5. The summed E-state index contributed by atoms with van der Waals surface area (Å²) in [5.74, 6) is -0.0463. The van der Waals surface area contributed by atoms with E-state index in [1.54, 1.807) is 30.0 Å². The Hall–Kier alpha value is -2.21. The van der Waals surface area contributed by atoms with Crippen molar-refractivity contribution in [2.75, 3.05) is 30.2 Å². The first-order chi connectivity index (χ1) is 12.9. The lowest BCUT2D eigenvalue weighted by Crippen LogP contribution is -2.31. The van der Waals surface area contributed by atoms with E-state index in [1.165, 1.54) is 13.2 Å². The Morgan fingerprint density at radius 1 is 1.48 bits per heavy atom. The SMILES string of the molecule is COC(=O)C(CCSC)Nc1sc(C(=O)c2cccc(Cl)c2)c(N)c1C#N. The van der Waals surface area contributed by atoms with Crippen LogP contribution in [0.15, 0.2) is 24.3 Å². The van der Waals surface area contributed by atoms with Crippen LogP contribution in [0.4, 0.5) is 10.7 Å². The zero-order chi connectivity index (χ0) is 20.0. The number of ketones is 1. The highest BCUT2D eigenvalue weighted by atomic mass is 35.5. The predicted octanol–water partition coefficient (Wildman–Crippen LogP) is 3.79. The van der Waals surface area contributed by atoms with E-state index in [0.29, 0.717) is 22.0 Å². The largest absolute Gasteiger partial charge is 0.467 e. The van der Waals surface area contributed by atoms with Gasteiger partial charge < -0.3 is 15.8 Å². The van der Waals surface area contributed by atoms with Gasteiger partial charge in [0.1, 0.15) is 27.6 Å². The third-order valence-corrected chi connectivity index (χ3v) is 5.77. The van der Waals surface area contributed by atoms with Gasteiger partial charge in [-0.15, -0.1) is 11.3 Å². The molecule has 0 bridgehead atoms. The minimum atomic E-state index is -0.637. The monoisotopic (exact) mass is 423 g/mol. The number of thioether (sulfide) groups is 1. The van der Waals surface area contributed by atoms with Gasteiger partial charge in [-0.2, -0.15) is 17.0 Å². The number of hydrogen-bond acceptors (Lipinski definition) is 8. The summed E-state index contributed by atoms with van der Waals surface area (Å²) in [7, 11) is 1.30. The fourth-order valence-electron chi connectivity index (χ4n) is 2.37. The first-order valence-electron chi connectivity index (χ1n) is 7.88. The third kappa shape index (κ3) is 4.95. The maximum absolute atomic E-state index is 12.8. The Labute approximate surface area is 170 Å². The van der Waals surface area contributed by atoms with Gasteiger partial charge in [-0.1, -0.05) is 23.7 Å². The van der Waals surface area contributed by atoms with E-state index in [9.17, 15) is 14.9 Å². The zero-order valence-electron chi connectivity index (χ0n) is 14.7. The van der Waals surface area contributed by atoms with Crippen LogP contribution in [-0.4, -0.2) is 36.9 Å². The number of hydrogen-bond donors (Lipinski definition) is 2. The Morgan fingerprint density at radius 3 is 2.81 bits per heavy atom. The third-order valence-electron chi connectivity index (χ3n) is 3.75. The summed E-state index contributed by atoms with van der Waals surface area (Å²) in [6.45, 7) is 0. The highest BCUT2D eigenvalue weighted by molar-refractivity contribution is 7.98. The topological polar surface area (TPSA) is 105 Å². The second kappa shape index (κ2) is 9.65. The van der Waals surface area contributed by atoms with E-state index in [-0.39, 0.29) is 21.9 Å². The van der Waals surface area contributed by atoms with Crippen molar-refractivity contribution in [3.63, 3.8) is 0 Å². The first-order valence-corrected chi connectivity index (χ1v) is 10.5. The van der Waals surface area contributed by atoms with Crippen LogP contribution in [0.1, 0.15) is 27.2 Å². The van der Waals surface area contributed by atoms with Gasteiger partial charge in [0.15, 0.2) is 0 Å². The molecule has 0 aliphatic carbocycles. The van der Waals surface area contributed by atoms with Gasteiger partial charge in [0.2, 0.25) is 5.78 Å². The van der Waals surface area contributed by atoms with Crippen molar-refractivity contribution in [1.82, 2.24) is 0 Å². The Balaban J connectivity index is 2.38. The van der Waals surface area contributed by atoms with E-state index in [4.69, 9.17) is 22.1 Å². The maximum atomic E-state index is 12.8. The standard InChI is InChI=1S/C18H18ClN3O3S2/c1-25-18(24)13(6-7-26-2)22-17-12(9-20)14(21)16(27-17)15(23)10-4-3-5-11(19)8-10/h3-5,8,13,22H,6-7,21H2,1-2H3. The second-order valence-electron chi connectivity index (χ2n) is 5.50. The molecule has 2 aromatic rings. The summed E-state index contributed by atoms with van der Waals surface area (Å²) >= 11 is 8.58. The Bertz CT molecular complexity index is 892. The number of nitriles is 1. The van der Waals surface area contributed by atoms with Crippen molar-refractivity contribution >= 4 is 57.1 Å². The molecule has 3 N–H and O–H groups in total. The molecule has 27 heavy (non-hydrogen) atoms. The van der Waals surface area contributed by atoms with Crippen molar-refractivity contribution in [3.05, 3.63) is 45.3 Å². The van der Waals surface area contributed by atoms with E-state index < -0.39 is 12.0 Å². The summed E-state index contributed by atoms with van der Waals surface area (Å²) in [5, 5.41) is 13.3. The van der Waals surface area contributed by atoms with Crippen LogP contribution < -0.4 is 11.1 Å². The number of nitrogens with one attached hydrogen (secondary N) is 1. The Morgan fingerprint density at radius 2 is 2.22 bits per heavy atom. The number of rotatable bonds is 8. The maximum Gasteiger partial charge on any atom is 0.328 e.